The highest BCUT2D eigenvalue weighted by molar-refractivity contribution is 7.92. The monoisotopic (exact) mass is 487 g/mol. The molecule has 8 nitrogen and oxygen atoms in total. The maximum atomic E-state index is 13.2. The van der Waals surface area contributed by atoms with E-state index in [9.17, 15) is 22.8 Å². The van der Waals surface area contributed by atoms with Gasteiger partial charge >= 0.3 is 0 Å². The molecule has 0 saturated carbocycles. The second-order valence-corrected chi connectivity index (χ2v) is 9.65. The van der Waals surface area contributed by atoms with Crippen LogP contribution in [0.2, 0.25) is 5.02 Å². The topological polar surface area (TPSA) is 102 Å². The lowest BCUT2D eigenvalue weighted by Gasteiger charge is -2.31. The summed E-state index contributed by atoms with van der Waals surface area (Å²) in [5.74, 6) is -2.05. The Morgan fingerprint density at radius 2 is 2.00 bits per heavy atom. The number of carbonyl (C=O) groups excluding carboxylic acids is 1. The first-order valence-electron chi connectivity index (χ1n) is 9.88. The number of rotatable bonds is 8. The van der Waals surface area contributed by atoms with Crippen LogP contribution in [-0.4, -0.2) is 49.8 Å². The molecule has 2 aromatic rings. The lowest BCUT2D eigenvalue weighted by atomic mass is 10.0. The summed E-state index contributed by atoms with van der Waals surface area (Å²) in [6, 6.07) is 9.69. The third-order valence-electron chi connectivity index (χ3n) is 5.01. The molecule has 0 spiro atoms. The molecule has 3 rings (SSSR count). The summed E-state index contributed by atoms with van der Waals surface area (Å²) in [4.78, 5) is 17.2. The van der Waals surface area contributed by atoms with Crippen LogP contribution in [-0.2, 0) is 30.8 Å². The highest BCUT2D eigenvalue weighted by Crippen LogP contribution is 2.30. The molecule has 0 aromatic heterocycles. The number of hydroxylamine groups is 2. The fraction of sp³-hybridized carbons (Fsp3) is 0.381. The minimum Gasteiger partial charge on any atom is -0.489 e. The van der Waals surface area contributed by atoms with Crippen LogP contribution >= 0.6 is 11.6 Å². The van der Waals surface area contributed by atoms with Crippen molar-refractivity contribution in [2.75, 3.05) is 19.8 Å². The van der Waals surface area contributed by atoms with Crippen LogP contribution < -0.4 is 4.74 Å². The van der Waals surface area contributed by atoms with Crippen molar-refractivity contribution in [2.45, 2.75) is 30.1 Å². The van der Waals surface area contributed by atoms with Crippen LogP contribution in [0.25, 0.3) is 0 Å². The number of carbonyl (C=O) groups is 1. The van der Waals surface area contributed by atoms with E-state index < -0.39 is 32.7 Å². The molecule has 1 N–H and O–H groups in total. The summed E-state index contributed by atoms with van der Waals surface area (Å²) in [7, 11) is -3.91. The standard InChI is InChI=1S/C21H23ClFNO7S/c1-2-31-24(26)21(25)18-13-29-10-9-20(18)32(27,28)17-7-5-16(6-8-17)30-12-14-3-4-15(23)11-19(14)22/h3-8,11,18,20,26H,2,9-10,12-13H2,1H3. The van der Waals surface area contributed by atoms with Crippen molar-refractivity contribution >= 4 is 27.3 Å². The number of sulfone groups is 1. The minimum absolute atomic E-state index is 0.00950. The first kappa shape index (κ1) is 24.4. The number of ether oxygens (including phenoxy) is 2. The van der Waals surface area contributed by atoms with Gasteiger partial charge in [-0.05, 0) is 49.7 Å². The predicted molar refractivity (Wildman–Crippen MR) is 112 cm³/mol. The van der Waals surface area contributed by atoms with E-state index in [-0.39, 0.29) is 48.0 Å². The molecule has 11 heteroatoms. The summed E-state index contributed by atoms with van der Waals surface area (Å²) in [6.45, 7) is 1.72. The van der Waals surface area contributed by atoms with Gasteiger partial charge in [-0.25, -0.2) is 17.6 Å². The molecule has 32 heavy (non-hydrogen) atoms. The van der Waals surface area contributed by atoms with Gasteiger partial charge in [0.2, 0.25) is 0 Å². The number of nitrogens with zero attached hydrogens (tertiary/aromatic N) is 1. The fourth-order valence-corrected chi connectivity index (χ4v) is 5.47. The molecule has 2 unspecified atom stereocenters. The zero-order valence-electron chi connectivity index (χ0n) is 17.2. The lowest BCUT2D eigenvalue weighted by molar-refractivity contribution is -0.317. The number of halogens is 2. The zero-order chi connectivity index (χ0) is 23.3. The van der Waals surface area contributed by atoms with E-state index >= 15 is 0 Å². The SMILES string of the molecule is CCON(O)C(=O)C1COCCC1S(=O)(=O)c1ccc(OCc2ccc(F)cc2Cl)cc1. The van der Waals surface area contributed by atoms with Crippen molar-refractivity contribution < 1.29 is 37.1 Å². The number of amides is 1. The van der Waals surface area contributed by atoms with Gasteiger partial charge in [0.25, 0.3) is 5.91 Å². The Labute approximate surface area is 190 Å². The number of benzene rings is 2. The van der Waals surface area contributed by atoms with Crippen LogP contribution in [0.5, 0.6) is 5.75 Å². The predicted octanol–water partition coefficient (Wildman–Crippen LogP) is 3.41. The summed E-state index contributed by atoms with van der Waals surface area (Å²) in [5, 5.41) is 8.93. The quantitative estimate of drug-likeness (QED) is 0.449. The average Bonchev–Trinajstić information content (AvgIpc) is 2.78. The Morgan fingerprint density at radius 3 is 2.66 bits per heavy atom. The first-order valence-corrected chi connectivity index (χ1v) is 11.8. The molecular weight excluding hydrogens is 465 g/mol. The van der Waals surface area contributed by atoms with Crippen molar-refractivity contribution in [3.8, 4) is 5.75 Å². The van der Waals surface area contributed by atoms with E-state index in [0.717, 1.165) is 0 Å². The second-order valence-electron chi connectivity index (χ2n) is 7.08. The molecule has 2 atom stereocenters. The first-order chi connectivity index (χ1) is 15.2. The second kappa shape index (κ2) is 10.6. The smallest absolute Gasteiger partial charge is 0.279 e. The zero-order valence-corrected chi connectivity index (χ0v) is 18.8. The summed E-state index contributed by atoms with van der Waals surface area (Å²) >= 11 is 5.98. The van der Waals surface area contributed by atoms with E-state index in [1.807, 2.05) is 0 Å². The van der Waals surface area contributed by atoms with Crippen LogP contribution in [0.4, 0.5) is 4.39 Å². The summed E-state index contributed by atoms with van der Waals surface area (Å²) in [5.41, 5.74) is 0.580. The highest BCUT2D eigenvalue weighted by Gasteiger charge is 2.43. The lowest BCUT2D eigenvalue weighted by Crippen LogP contribution is -2.47. The number of hydrogen-bond donors (Lipinski definition) is 1. The molecule has 2 aromatic carbocycles. The van der Waals surface area contributed by atoms with Gasteiger partial charge in [0.05, 0.1) is 34.3 Å². The molecule has 1 saturated heterocycles. The van der Waals surface area contributed by atoms with Gasteiger partial charge in [0.1, 0.15) is 18.2 Å². The maximum absolute atomic E-state index is 13.2. The molecule has 1 heterocycles. The summed E-state index contributed by atoms with van der Waals surface area (Å²) in [6.07, 6.45) is 0.0972. The molecule has 0 radical (unpaired) electrons. The van der Waals surface area contributed by atoms with Gasteiger partial charge in [-0.1, -0.05) is 22.9 Å². The molecule has 1 aliphatic heterocycles. The van der Waals surface area contributed by atoms with Gasteiger partial charge in [0.15, 0.2) is 9.84 Å². The third kappa shape index (κ3) is 5.57. The van der Waals surface area contributed by atoms with Gasteiger partial charge in [-0.3, -0.25) is 10.0 Å². The average molecular weight is 488 g/mol. The molecule has 0 aliphatic carbocycles. The normalized spacial score (nSPS) is 18.9. The molecule has 1 amide bonds. The minimum atomic E-state index is -3.91. The van der Waals surface area contributed by atoms with Crippen LogP contribution in [0.15, 0.2) is 47.4 Å². The Kier molecular flexibility index (Phi) is 8.07. The van der Waals surface area contributed by atoms with E-state index in [1.54, 1.807) is 6.92 Å². The molecule has 0 bridgehead atoms. The molecule has 1 aliphatic rings. The van der Waals surface area contributed by atoms with Gasteiger partial charge in [-0.15, -0.1) is 0 Å². The van der Waals surface area contributed by atoms with Crippen LogP contribution in [0.1, 0.15) is 18.9 Å². The molecule has 1 fully saturated rings. The summed E-state index contributed by atoms with van der Waals surface area (Å²) < 4.78 is 50.4. The van der Waals surface area contributed by atoms with E-state index in [0.29, 0.717) is 11.3 Å². The van der Waals surface area contributed by atoms with Gasteiger partial charge in [0, 0.05) is 12.2 Å². The van der Waals surface area contributed by atoms with E-state index in [1.165, 1.54) is 42.5 Å². The molecule has 174 valence electrons. The van der Waals surface area contributed by atoms with Crippen molar-refractivity contribution in [1.82, 2.24) is 5.23 Å². The number of hydrogen-bond acceptors (Lipinski definition) is 7. The molecular formula is C21H23ClFNO7S. The third-order valence-corrected chi connectivity index (χ3v) is 7.65. The van der Waals surface area contributed by atoms with E-state index in [2.05, 4.69) is 0 Å². The van der Waals surface area contributed by atoms with Crippen molar-refractivity contribution in [1.29, 1.82) is 0 Å². The fourth-order valence-electron chi connectivity index (χ4n) is 3.35. The largest absolute Gasteiger partial charge is 0.489 e. The van der Waals surface area contributed by atoms with Crippen LogP contribution in [0, 0.1) is 11.7 Å². The van der Waals surface area contributed by atoms with Gasteiger partial charge < -0.3 is 9.47 Å². The Morgan fingerprint density at radius 1 is 1.28 bits per heavy atom. The maximum Gasteiger partial charge on any atom is 0.279 e. The van der Waals surface area contributed by atoms with E-state index in [4.69, 9.17) is 25.9 Å². The Balaban J connectivity index is 1.73. The highest BCUT2D eigenvalue weighted by atomic mass is 35.5. The Hall–Kier alpha value is -2.24. The Bertz CT molecular complexity index is 1050. The van der Waals surface area contributed by atoms with Crippen molar-refractivity contribution in [3.05, 3.63) is 58.9 Å². The van der Waals surface area contributed by atoms with Crippen molar-refractivity contribution in [3.63, 3.8) is 0 Å². The van der Waals surface area contributed by atoms with Crippen molar-refractivity contribution in [2.24, 2.45) is 5.92 Å². The van der Waals surface area contributed by atoms with Crippen LogP contribution in [0.3, 0.4) is 0 Å². The van der Waals surface area contributed by atoms with Gasteiger partial charge in [-0.2, -0.15) is 0 Å².